The monoisotopic (exact) mass is 286 g/mol. The highest BCUT2D eigenvalue weighted by atomic mass is 16.5. The number of fused-ring (bicyclic) bond motifs is 1. The Morgan fingerprint density at radius 1 is 1.29 bits per heavy atom. The third-order valence-electron chi connectivity index (χ3n) is 4.04. The number of esters is 1. The van der Waals surface area contributed by atoms with Gasteiger partial charge in [0.25, 0.3) is 0 Å². The number of hydrogen-bond acceptors (Lipinski definition) is 3. The number of hydrogen-bond donors (Lipinski definition) is 0. The summed E-state index contributed by atoms with van der Waals surface area (Å²) in [7, 11) is 0. The quantitative estimate of drug-likeness (QED) is 0.803. The van der Waals surface area contributed by atoms with Crippen LogP contribution in [0.1, 0.15) is 26.7 Å². The normalized spacial score (nSPS) is 24.1. The predicted molar refractivity (Wildman–Crippen MR) is 78.5 cm³/mol. The van der Waals surface area contributed by atoms with Crippen LogP contribution in [0.3, 0.4) is 0 Å². The van der Waals surface area contributed by atoms with Crippen molar-refractivity contribution in [3.05, 3.63) is 42.1 Å². The van der Waals surface area contributed by atoms with Crippen molar-refractivity contribution in [1.29, 1.82) is 0 Å². The molecule has 1 aromatic rings. The Labute approximate surface area is 123 Å². The zero-order valence-corrected chi connectivity index (χ0v) is 12.2. The van der Waals surface area contributed by atoms with Gasteiger partial charge in [0, 0.05) is 5.69 Å². The first-order valence-corrected chi connectivity index (χ1v) is 7.16. The SMILES string of the molecule is CCOC(=O)C1=CCC[C@@]2(C)N1C(=O)N2c1ccccc1. The topological polar surface area (TPSA) is 49.9 Å². The van der Waals surface area contributed by atoms with E-state index in [0.29, 0.717) is 12.3 Å². The van der Waals surface area contributed by atoms with E-state index in [1.54, 1.807) is 22.8 Å². The molecule has 1 aromatic carbocycles. The Kier molecular flexibility index (Phi) is 3.20. The van der Waals surface area contributed by atoms with Gasteiger partial charge in [-0.3, -0.25) is 9.80 Å². The van der Waals surface area contributed by atoms with Gasteiger partial charge in [-0.25, -0.2) is 9.59 Å². The molecule has 0 saturated carbocycles. The van der Waals surface area contributed by atoms with E-state index in [-0.39, 0.29) is 6.03 Å². The van der Waals surface area contributed by atoms with E-state index in [0.717, 1.165) is 18.5 Å². The number of rotatable bonds is 3. The Bertz CT molecular complexity index is 611. The van der Waals surface area contributed by atoms with E-state index in [2.05, 4.69) is 0 Å². The van der Waals surface area contributed by atoms with Gasteiger partial charge in [-0.1, -0.05) is 24.3 Å². The lowest BCUT2D eigenvalue weighted by molar-refractivity contribution is -0.141. The molecule has 1 saturated heterocycles. The second-order valence-corrected chi connectivity index (χ2v) is 5.35. The molecule has 3 rings (SSSR count). The van der Waals surface area contributed by atoms with Gasteiger partial charge >= 0.3 is 12.0 Å². The second-order valence-electron chi connectivity index (χ2n) is 5.35. The molecule has 0 aliphatic carbocycles. The van der Waals surface area contributed by atoms with Crippen molar-refractivity contribution < 1.29 is 14.3 Å². The van der Waals surface area contributed by atoms with Crippen LogP contribution >= 0.6 is 0 Å². The highest BCUT2D eigenvalue weighted by Gasteiger charge is 2.58. The molecule has 2 heterocycles. The summed E-state index contributed by atoms with van der Waals surface area (Å²) in [6, 6.07) is 9.35. The molecule has 0 bridgehead atoms. The molecule has 0 aromatic heterocycles. The maximum absolute atomic E-state index is 12.5. The molecular formula is C16H18N2O3. The first-order valence-electron chi connectivity index (χ1n) is 7.16. The largest absolute Gasteiger partial charge is 0.461 e. The fourth-order valence-electron chi connectivity index (χ4n) is 3.07. The zero-order valence-electron chi connectivity index (χ0n) is 12.2. The van der Waals surface area contributed by atoms with Gasteiger partial charge in [0.1, 0.15) is 11.4 Å². The summed E-state index contributed by atoms with van der Waals surface area (Å²) in [5.41, 5.74) is 0.726. The molecule has 1 atom stereocenters. The number of carbonyl (C=O) groups is 2. The van der Waals surface area contributed by atoms with Crippen LogP contribution in [0.4, 0.5) is 10.5 Å². The van der Waals surface area contributed by atoms with Crippen LogP contribution in [0, 0.1) is 0 Å². The van der Waals surface area contributed by atoms with Crippen molar-refractivity contribution >= 4 is 17.7 Å². The molecule has 0 radical (unpaired) electrons. The summed E-state index contributed by atoms with van der Waals surface area (Å²) in [5, 5.41) is 0. The molecule has 0 N–H and O–H groups in total. The van der Waals surface area contributed by atoms with Crippen LogP contribution in [0.25, 0.3) is 0 Å². The van der Waals surface area contributed by atoms with E-state index in [4.69, 9.17) is 4.74 Å². The molecule has 110 valence electrons. The third-order valence-corrected chi connectivity index (χ3v) is 4.04. The van der Waals surface area contributed by atoms with E-state index in [1.807, 2.05) is 37.3 Å². The minimum Gasteiger partial charge on any atom is -0.461 e. The van der Waals surface area contributed by atoms with Gasteiger partial charge in [-0.05, 0) is 38.8 Å². The Morgan fingerprint density at radius 3 is 2.67 bits per heavy atom. The summed E-state index contributed by atoms with van der Waals surface area (Å²) in [6.45, 7) is 4.04. The molecule has 21 heavy (non-hydrogen) atoms. The Morgan fingerprint density at radius 2 is 2.00 bits per heavy atom. The standard InChI is InChI=1S/C16H18N2O3/c1-3-21-14(19)13-10-7-11-16(2)17(15(20)18(13)16)12-8-5-4-6-9-12/h4-6,8-10H,3,7,11H2,1-2H3/t16-/m1/s1. The summed E-state index contributed by atoms with van der Waals surface area (Å²) >= 11 is 0. The van der Waals surface area contributed by atoms with Crippen LogP contribution < -0.4 is 4.90 Å². The van der Waals surface area contributed by atoms with Crippen LogP contribution in [0.15, 0.2) is 42.1 Å². The van der Waals surface area contributed by atoms with Gasteiger partial charge in [0.15, 0.2) is 0 Å². The number of anilines is 1. The summed E-state index contributed by atoms with van der Waals surface area (Å²) < 4.78 is 5.05. The molecule has 1 fully saturated rings. The lowest BCUT2D eigenvalue weighted by Gasteiger charge is -2.60. The smallest absolute Gasteiger partial charge is 0.354 e. The third kappa shape index (κ3) is 1.92. The lowest BCUT2D eigenvalue weighted by Crippen LogP contribution is -2.77. The second kappa shape index (κ2) is 4.91. The number of amides is 2. The summed E-state index contributed by atoms with van der Waals surface area (Å²) in [6.07, 6.45) is 3.33. The maximum Gasteiger partial charge on any atom is 0.354 e. The maximum atomic E-state index is 12.5. The molecule has 0 unspecified atom stereocenters. The van der Waals surface area contributed by atoms with Gasteiger partial charge in [0.2, 0.25) is 0 Å². The molecule has 2 amide bonds. The van der Waals surface area contributed by atoms with Crippen molar-refractivity contribution in [2.45, 2.75) is 32.4 Å². The Balaban J connectivity index is 1.92. The van der Waals surface area contributed by atoms with Crippen molar-refractivity contribution in [3.63, 3.8) is 0 Å². The van der Waals surface area contributed by atoms with Gasteiger partial charge in [0.05, 0.1) is 6.61 Å². The number of urea groups is 1. The van der Waals surface area contributed by atoms with E-state index in [1.165, 1.54) is 0 Å². The fourth-order valence-corrected chi connectivity index (χ4v) is 3.07. The van der Waals surface area contributed by atoms with Crippen molar-refractivity contribution in [2.24, 2.45) is 0 Å². The number of allylic oxidation sites excluding steroid dienone is 1. The number of carbonyl (C=O) groups excluding carboxylic acids is 2. The Hall–Kier alpha value is -2.30. The number of benzene rings is 1. The zero-order chi connectivity index (χ0) is 15.0. The number of para-hydroxylation sites is 1. The molecule has 2 aliphatic heterocycles. The molecule has 2 aliphatic rings. The van der Waals surface area contributed by atoms with Crippen LogP contribution in [0.5, 0.6) is 0 Å². The van der Waals surface area contributed by atoms with Crippen LogP contribution in [-0.4, -0.2) is 29.2 Å². The molecule has 0 spiro atoms. The minimum absolute atomic E-state index is 0.178. The van der Waals surface area contributed by atoms with Gasteiger partial charge in [-0.2, -0.15) is 0 Å². The van der Waals surface area contributed by atoms with Gasteiger partial charge < -0.3 is 4.74 Å². The summed E-state index contributed by atoms with van der Waals surface area (Å²) in [4.78, 5) is 27.8. The van der Waals surface area contributed by atoms with E-state index in [9.17, 15) is 9.59 Å². The van der Waals surface area contributed by atoms with Crippen LogP contribution in [0.2, 0.25) is 0 Å². The number of ether oxygens (including phenoxy) is 1. The van der Waals surface area contributed by atoms with Crippen molar-refractivity contribution in [2.75, 3.05) is 11.5 Å². The number of nitrogens with zero attached hydrogens (tertiary/aromatic N) is 2. The van der Waals surface area contributed by atoms with Crippen molar-refractivity contribution in [1.82, 2.24) is 4.90 Å². The molecule has 5 heteroatoms. The fraction of sp³-hybridized carbons (Fsp3) is 0.375. The highest BCUT2D eigenvalue weighted by Crippen LogP contribution is 2.45. The van der Waals surface area contributed by atoms with Gasteiger partial charge in [-0.15, -0.1) is 0 Å². The van der Waals surface area contributed by atoms with Crippen LogP contribution in [-0.2, 0) is 9.53 Å². The van der Waals surface area contributed by atoms with E-state index >= 15 is 0 Å². The molecular weight excluding hydrogens is 268 g/mol. The average Bonchev–Trinajstić information content (AvgIpc) is 2.47. The van der Waals surface area contributed by atoms with E-state index < -0.39 is 11.6 Å². The summed E-state index contributed by atoms with van der Waals surface area (Å²) in [5.74, 6) is -0.426. The predicted octanol–water partition coefficient (Wildman–Crippen LogP) is 2.89. The highest BCUT2D eigenvalue weighted by molar-refractivity contribution is 6.06. The lowest BCUT2D eigenvalue weighted by atomic mass is 9.90. The minimum atomic E-state index is -0.491. The molecule has 5 nitrogen and oxygen atoms in total. The first kappa shape index (κ1) is 13.7. The average molecular weight is 286 g/mol. The van der Waals surface area contributed by atoms with Crippen molar-refractivity contribution in [3.8, 4) is 0 Å². The first-order chi connectivity index (χ1) is 10.1.